The van der Waals surface area contributed by atoms with Crippen molar-refractivity contribution in [3.05, 3.63) is 60.2 Å². The molecule has 0 radical (unpaired) electrons. The second-order valence-corrected chi connectivity index (χ2v) is 11.5. The number of benzene rings is 2. The van der Waals surface area contributed by atoms with Crippen LogP contribution in [-0.2, 0) is 14.6 Å². The second-order valence-electron chi connectivity index (χ2n) is 8.28. The molecule has 2 aromatic carbocycles. The average molecular weight is 485 g/mol. The van der Waals surface area contributed by atoms with Crippen molar-refractivity contribution in [2.24, 2.45) is 0 Å². The van der Waals surface area contributed by atoms with Gasteiger partial charge in [0.05, 0.1) is 17.3 Å². The van der Waals surface area contributed by atoms with Crippen LogP contribution in [0.4, 0.5) is 0 Å². The summed E-state index contributed by atoms with van der Waals surface area (Å²) in [7, 11) is -3.06. The Morgan fingerprint density at radius 1 is 1.15 bits per heavy atom. The molecule has 174 valence electrons. The van der Waals surface area contributed by atoms with Crippen molar-refractivity contribution >= 4 is 27.5 Å². The Kier molecular flexibility index (Phi) is 7.19. The molecule has 1 amide bonds. The summed E-state index contributed by atoms with van der Waals surface area (Å²) in [6.45, 7) is 4.58. The molecule has 9 heteroatoms. The van der Waals surface area contributed by atoms with E-state index in [1.54, 1.807) is 4.90 Å². The molecule has 0 saturated carbocycles. The van der Waals surface area contributed by atoms with Gasteiger partial charge in [-0.15, -0.1) is 10.2 Å². The molecular weight excluding hydrogens is 456 g/mol. The monoisotopic (exact) mass is 484 g/mol. The van der Waals surface area contributed by atoms with E-state index in [-0.39, 0.29) is 29.2 Å². The molecular formula is C24H28N4O3S2. The molecule has 0 unspecified atom stereocenters. The molecule has 1 aliphatic heterocycles. The Morgan fingerprint density at radius 3 is 2.61 bits per heavy atom. The van der Waals surface area contributed by atoms with E-state index in [2.05, 4.69) is 16.3 Å². The Hall–Kier alpha value is -2.65. The van der Waals surface area contributed by atoms with Crippen LogP contribution in [0, 0.1) is 6.92 Å². The third kappa shape index (κ3) is 5.47. The van der Waals surface area contributed by atoms with Crippen molar-refractivity contribution in [1.82, 2.24) is 19.7 Å². The summed E-state index contributed by atoms with van der Waals surface area (Å²) in [5, 5.41) is 9.47. The smallest absolute Gasteiger partial charge is 0.233 e. The zero-order valence-electron chi connectivity index (χ0n) is 18.8. The van der Waals surface area contributed by atoms with E-state index in [1.807, 2.05) is 66.9 Å². The van der Waals surface area contributed by atoms with Gasteiger partial charge in [-0.3, -0.25) is 9.36 Å². The molecule has 33 heavy (non-hydrogen) atoms. The van der Waals surface area contributed by atoms with Gasteiger partial charge in [0, 0.05) is 23.8 Å². The van der Waals surface area contributed by atoms with Gasteiger partial charge in [-0.1, -0.05) is 61.2 Å². The number of carbonyl (C=O) groups excluding carboxylic acids is 1. The highest BCUT2D eigenvalue weighted by Gasteiger charge is 2.34. The van der Waals surface area contributed by atoms with E-state index in [9.17, 15) is 13.2 Å². The maximum Gasteiger partial charge on any atom is 0.233 e. The van der Waals surface area contributed by atoms with E-state index < -0.39 is 9.84 Å². The van der Waals surface area contributed by atoms with Crippen LogP contribution in [0.25, 0.3) is 17.1 Å². The Morgan fingerprint density at radius 2 is 1.94 bits per heavy atom. The van der Waals surface area contributed by atoms with Crippen LogP contribution in [0.3, 0.4) is 0 Å². The quantitative estimate of drug-likeness (QED) is 0.453. The van der Waals surface area contributed by atoms with Gasteiger partial charge in [0.1, 0.15) is 0 Å². The minimum absolute atomic E-state index is 0.0566. The van der Waals surface area contributed by atoms with Crippen molar-refractivity contribution in [1.29, 1.82) is 0 Å². The third-order valence-corrected chi connectivity index (χ3v) is 8.35. The molecule has 3 aromatic rings. The fourth-order valence-electron chi connectivity index (χ4n) is 4.12. The summed E-state index contributed by atoms with van der Waals surface area (Å²) in [4.78, 5) is 14.9. The predicted molar refractivity (Wildman–Crippen MR) is 131 cm³/mol. The highest BCUT2D eigenvalue weighted by Crippen LogP contribution is 2.29. The Balaban J connectivity index is 1.60. The first-order valence-corrected chi connectivity index (χ1v) is 13.9. The normalized spacial score (nSPS) is 17.2. The van der Waals surface area contributed by atoms with Crippen LogP contribution >= 0.6 is 11.8 Å². The number of nitrogens with zero attached hydrogens (tertiary/aromatic N) is 4. The van der Waals surface area contributed by atoms with E-state index in [0.717, 1.165) is 23.2 Å². The zero-order chi connectivity index (χ0) is 23.4. The number of hydrogen-bond acceptors (Lipinski definition) is 6. The van der Waals surface area contributed by atoms with E-state index in [4.69, 9.17) is 0 Å². The highest BCUT2D eigenvalue weighted by atomic mass is 32.2. The number of rotatable bonds is 8. The average Bonchev–Trinajstić information content (AvgIpc) is 3.39. The van der Waals surface area contributed by atoms with Crippen molar-refractivity contribution in [3.8, 4) is 17.1 Å². The van der Waals surface area contributed by atoms with Crippen LogP contribution < -0.4 is 0 Å². The first-order valence-electron chi connectivity index (χ1n) is 11.1. The first kappa shape index (κ1) is 23.5. The summed E-state index contributed by atoms with van der Waals surface area (Å²) in [5.41, 5.74) is 2.98. The molecule has 1 aromatic heterocycles. The summed E-state index contributed by atoms with van der Waals surface area (Å²) in [5.74, 6) is 1.03. The number of amides is 1. The number of thioether (sulfide) groups is 1. The largest absolute Gasteiger partial charge is 0.338 e. The van der Waals surface area contributed by atoms with Gasteiger partial charge < -0.3 is 4.90 Å². The first-order chi connectivity index (χ1) is 15.9. The number of hydrogen-bond donors (Lipinski definition) is 0. The van der Waals surface area contributed by atoms with E-state index >= 15 is 0 Å². The molecule has 1 aliphatic rings. The summed E-state index contributed by atoms with van der Waals surface area (Å²) >= 11 is 1.33. The fraction of sp³-hybridized carbons (Fsp3) is 0.375. The topological polar surface area (TPSA) is 85.2 Å². The zero-order valence-corrected chi connectivity index (χ0v) is 20.5. The predicted octanol–water partition coefficient (Wildman–Crippen LogP) is 3.76. The van der Waals surface area contributed by atoms with Gasteiger partial charge in [0.15, 0.2) is 20.8 Å². The Bertz CT molecular complexity index is 1230. The lowest BCUT2D eigenvalue weighted by molar-refractivity contribution is -0.130. The molecule has 2 heterocycles. The standard InChI is InChI=1S/C24H28N4O3S2/c1-3-13-27(21-12-14-33(30,31)17-21)22(29)16-32-24-26-25-23(19-9-5-4-6-10-19)28(24)20-11-7-8-18(2)15-20/h4-11,15,21H,3,12-14,16-17H2,1-2H3/t21-/m0/s1. The van der Waals surface area contributed by atoms with E-state index in [0.29, 0.717) is 23.9 Å². The molecule has 0 spiro atoms. The fourth-order valence-corrected chi connectivity index (χ4v) is 6.69. The summed E-state index contributed by atoms with van der Waals surface area (Å²) < 4.78 is 25.9. The number of aryl methyl sites for hydroxylation is 1. The van der Waals surface area contributed by atoms with E-state index in [1.165, 1.54) is 11.8 Å². The molecule has 0 aliphatic carbocycles. The molecule has 1 atom stereocenters. The van der Waals surface area contributed by atoms with Gasteiger partial charge in [-0.2, -0.15) is 0 Å². The van der Waals surface area contributed by atoms with Crippen molar-refractivity contribution in [2.75, 3.05) is 23.8 Å². The summed E-state index contributed by atoms with van der Waals surface area (Å²) in [6, 6.07) is 17.7. The lowest BCUT2D eigenvalue weighted by Crippen LogP contribution is -2.42. The van der Waals surface area contributed by atoms with Gasteiger partial charge in [-0.05, 0) is 37.5 Å². The lowest BCUT2D eigenvalue weighted by atomic mass is 10.2. The van der Waals surface area contributed by atoms with Crippen molar-refractivity contribution in [2.45, 2.75) is 37.9 Å². The molecule has 4 rings (SSSR count). The summed E-state index contributed by atoms with van der Waals surface area (Å²) in [6.07, 6.45) is 1.29. The van der Waals surface area contributed by atoms with Crippen LogP contribution in [0.1, 0.15) is 25.3 Å². The SMILES string of the molecule is CCCN(C(=O)CSc1nnc(-c2ccccc2)n1-c1cccc(C)c1)[C@H]1CCS(=O)(=O)C1. The minimum atomic E-state index is -3.06. The maximum absolute atomic E-state index is 13.1. The highest BCUT2D eigenvalue weighted by molar-refractivity contribution is 7.99. The number of carbonyl (C=O) groups is 1. The molecule has 1 saturated heterocycles. The second kappa shape index (κ2) is 10.1. The molecule has 1 fully saturated rings. The maximum atomic E-state index is 13.1. The Labute approximate surface area is 199 Å². The minimum Gasteiger partial charge on any atom is -0.338 e. The van der Waals surface area contributed by atoms with Gasteiger partial charge >= 0.3 is 0 Å². The van der Waals surface area contributed by atoms with Crippen molar-refractivity contribution < 1.29 is 13.2 Å². The third-order valence-electron chi connectivity index (χ3n) is 5.68. The van der Waals surface area contributed by atoms with Crippen LogP contribution in [0.5, 0.6) is 0 Å². The lowest BCUT2D eigenvalue weighted by Gasteiger charge is -2.27. The van der Waals surface area contributed by atoms with Crippen LogP contribution in [0.2, 0.25) is 0 Å². The van der Waals surface area contributed by atoms with Gasteiger partial charge in [0.25, 0.3) is 0 Å². The van der Waals surface area contributed by atoms with Gasteiger partial charge in [-0.25, -0.2) is 8.42 Å². The van der Waals surface area contributed by atoms with Crippen LogP contribution in [0.15, 0.2) is 59.8 Å². The van der Waals surface area contributed by atoms with Gasteiger partial charge in [0.2, 0.25) is 5.91 Å². The number of sulfone groups is 1. The van der Waals surface area contributed by atoms with Crippen molar-refractivity contribution in [3.63, 3.8) is 0 Å². The van der Waals surface area contributed by atoms with Crippen LogP contribution in [-0.4, -0.2) is 63.8 Å². The number of aromatic nitrogens is 3. The molecule has 0 bridgehead atoms. The molecule has 7 nitrogen and oxygen atoms in total. The molecule has 0 N–H and O–H groups in total.